The molecule has 0 radical (unpaired) electrons. The zero-order valence-electron chi connectivity index (χ0n) is 7.34. The molecule has 2 heterocycles. The first-order valence-corrected chi connectivity index (χ1v) is 4.00. The molecule has 0 fully saturated rings. The molecular weight excluding hydrogens is 193 g/mol. The molecule has 0 bridgehead atoms. The van der Waals surface area contributed by atoms with Gasteiger partial charge in [-0.3, -0.25) is 0 Å². The second-order valence-corrected chi connectivity index (χ2v) is 3.02. The molecule has 5 heteroatoms. The maximum Gasteiger partial charge on any atom is 0.434 e. The van der Waals surface area contributed by atoms with Gasteiger partial charge in [0.2, 0.25) is 0 Å². The van der Waals surface area contributed by atoms with Gasteiger partial charge in [-0.25, -0.2) is 4.98 Å². The van der Waals surface area contributed by atoms with Gasteiger partial charge in [0.05, 0.1) is 0 Å². The molecule has 0 amide bonds. The van der Waals surface area contributed by atoms with Crippen molar-refractivity contribution in [1.82, 2.24) is 9.38 Å². The Morgan fingerprint density at radius 3 is 2.57 bits per heavy atom. The fourth-order valence-corrected chi connectivity index (χ4v) is 1.28. The summed E-state index contributed by atoms with van der Waals surface area (Å²) in [4.78, 5) is 3.48. The molecule has 0 aliphatic rings. The fraction of sp³-hybridized carbons (Fsp3) is 0.222. The van der Waals surface area contributed by atoms with Gasteiger partial charge in [0.25, 0.3) is 0 Å². The minimum absolute atomic E-state index is 0.317. The molecule has 0 atom stereocenters. The second kappa shape index (κ2) is 2.73. The SMILES string of the molecule is Cc1cccc2nc(C(F)(F)F)cn12. The van der Waals surface area contributed by atoms with Crippen molar-refractivity contribution in [2.45, 2.75) is 13.1 Å². The van der Waals surface area contributed by atoms with E-state index in [4.69, 9.17) is 0 Å². The van der Waals surface area contributed by atoms with E-state index in [-0.39, 0.29) is 0 Å². The monoisotopic (exact) mass is 200 g/mol. The van der Waals surface area contributed by atoms with Crippen molar-refractivity contribution in [3.8, 4) is 0 Å². The fourth-order valence-electron chi connectivity index (χ4n) is 1.28. The third kappa shape index (κ3) is 1.34. The molecule has 2 nitrogen and oxygen atoms in total. The van der Waals surface area contributed by atoms with Crippen LogP contribution < -0.4 is 0 Å². The first kappa shape index (κ1) is 9.05. The van der Waals surface area contributed by atoms with Crippen LogP contribution in [0.5, 0.6) is 0 Å². The third-order valence-corrected chi connectivity index (χ3v) is 1.99. The summed E-state index contributed by atoms with van der Waals surface area (Å²) in [5.41, 5.74) is 0.189. The van der Waals surface area contributed by atoms with Crippen LogP contribution >= 0.6 is 0 Å². The quantitative estimate of drug-likeness (QED) is 0.639. The van der Waals surface area contributed by atoms with Crippen molar-refractivity contribution in [3.63, 3.8) is 0 Å². The van der Waals surface area contributed by atoms with Crippen molar-refractivity contribution >= 4 is 5.65 Å². The molecule has 0 aliphatic heterocycles. The summed E-state index contributed by atoms with van der Waals surface area (Å²) < 4.78 is 38.3. The van der Waals surface area contributed by atoms with E-state index < -0.39 is 11.9 Å². The van der Waals surface area contributed by atoms with Crippen molar-refractivity contribution in [2.24, 2.45) is 0 Å². The van der Waals surface area contributed by atoms with Gasteiger partial charge < -0.3 is 4.40 Å². The second-order valence-electron chi connectivity index (χ2n) is 3.02. The van der Waals surface area contributed by atoms with Crippen LogP contribution in [-0.2, 0) is 6.18 Å². The van der Waals surface area contributed by atoms with Gasteiger partial charge in [0.1, 0.15) is 5.65 Å². The minimum atomic E-state index is -4.38. The maximum absolute atomic E-state index is 12.3. The van der Waals surface area contributed by atoms with Gasteiger partial charge in [-0.2, -0.15) is 13.2 Å². The van der Waals surface area contributed by atoms with Crippen LogP contribution in [0.15, 0.2) is 24.4 Å². The van der Waals surface area contributed by atoms with Crippen LogP contribution in [0.25, 0.3) is 5.65 Å². The van der Waals surface area contributed by atoms with E-state index in [2.05, 4.69) is 4.98 Å². The van der Waals surface area contributed by atoms with E-state index in [0.717, 1.165) is 11.9 Å². The lowest BCUT2D eigenvalue weighted by molar-refractivity contribution is -0.140. The summed E-state index contributed by atoms with van der Waals surface area (Å²) >= 11 is 0. The summed E-state index contributed by atoms with van der Waals surface area (Å²) in [6.07, 6.45) is -3.37. The number of fused-ring (bicyclic) bond motifs is 1. The highest BCUT2D eigenvalue weighted by Gasteiger charge is 2.33. The van der Waals surface area contributed by atoms with E-state index in [1.165, 1.54) is 4.40 Å². The van der Waals surface area contributed by atoms with Gasteiger partial charge in [-0.05, 0) is 19.1 Å². The van der Waals surface area contributed by atoms with Crippen LogP contribution in [-0.4, -0.2) is 9.38 Å². The number of imidazole rings is 1. The minimum Gasteiger partial charge on any atom is -0.304 e. The molecular formula is C9H7F3N2. The highest BCUT2D eigenvalue weighted by Crippen LogP contribution is 2.28. The molecule has 14 heavy (non-hydrogen) atoms. The average Bonchev–Trinajstić information content (AvgIpc) is 2.48. The third-order valence-electron chi connectivity index (χ3n) is 1.99. The summed E-state index contributed by atoms with van der Waals surface area (Å²) in [5, 5.41) is 0. The van der Waals surface area contributed by atoms with Crippen LogP contribution in [0.3, 0.4) is 0 Å². The molecule has 0 spiro atoms. The molecule has 2 aromatic heterocycles. The lowest BCUT2D eigenvalue weighted by Crippen LogP contribution is -2.04. The molecule has 0 saturated heterocycles. The van der Waals surface area contributed by atoms with Crippen molar-refractivity contribution < 1.29 is 13.2 Å². The highest BCUT2D eigenvalue weighted by atomic mass is 19.4. The lowest BCUT2D eigenvalue weighted by atomic mass is 10.4. The average molecular weight is 200 g/mol. The van der Waals surface area contributed by atoms with Gasteiger partial charge >= 0.3 is 6.18 Å². The summed E-state index contributed by atoms with van der Waals surface area (Å²) in [6.45, 7) is 1.73. The first-order chi connectivity index (χ1) is 6.48. The van der Waals surface area contributed by atoms with Crippen molar-refractivity contribution in [1.29, 1.82) is 0 Å². The Balaban J connectivity index is 2.69. The summed E-state index contributed by atoms with van der Waals surface area (Å²) in [6, 6.07) is 4.95. The highest BCUT2D eigenvalue weighted by molar-refractivity contribution is 5.42. The topological polar surface area (TPSA) is 17.3 Å². The Kier molecular flexibility index (Phi) is 1.77. The van der Waals surface area contributed by atoms with Gasteiger partial charge in [-0.15, -0.1) is 0 Å². The predicted molar refractivity (Wildman–Crippen MR) is 44.9 cm³/mol. The van der Waals surface area contributed by atoms with Crippen LogP contribution in [0.1, 0.15) is 11.4 Å². The van der Waals surface area contributed by atoms with Crippen molar-refractivity contribution in [3.05, 3.63) is 35.8 Å². The number of rotatable bonds is 0. The molecule has 0 N–H and O–H groups in total. The van der Waals surface area contributed by atoms with Crippen LogP contribution in [0, 0.1) is 6.92 Å². The molecule has 74 valence electrons. The Hall–Kier alpha value is -1.52. The molecule has 0 aromatic carbocycles. The largest absolute Gasteiger partial charge is 0.434 e. The van der Waals surface area contributed by atoms with Crippen LogP contribution in [0.2, 0.25) is 0 Å². The molecule has 2 rings (SSSR count). The van der Waals surface area contributed by atoms with E-state index in [9.17, 15) is 13.2 Å². The maximum atomic E-state index is 12.3. The number of aromatic nitrogens is 2. The van der Waals surface area contributed by atoms with Gasteiger partial charge in [0, 0.05) is 11.9 Å². The number of aryl methyl sites for hydroxylation is 1. The molecule has 2 aromatic rings. The number of alkyl halides is 3. The van der Waals surface area contributed by atoms with Crippen LogP contribution in [0.4, 0.5) is 13.2 Å². The Morgan fingerprint density at radius 1 is 1.29 bits per heavy atom. The normalized spacial score (nSPS) is 12.3. The zero-order chi connectivity index (χ0) is 10.3. The molecule has 0 aliphatic carbocycles. The van der Waals surface area contributed by atoms with Gasteiger partial charge in [0.15, 0.2) is 5.69 Å². The Bertz CT molecular complexity index is 470. The number of pyridine rings is 1. The smallest absolute Gasteiger partial charge is 0.304 e. The van der Waals surface area contributed by atoms with E-state index in [0.29, 0.717) is 5.65 Å². The van der Waals surface area contributed by atoms with E-state index >= 15 is 0 Å². The zero-order valence-corrected chi connectivity index (χ0v) is 7.34. The Morgan fingerprint density at radius 2 is 2.00 bits per heavy atom. The van der Waals surface area contributed by atoms with E-state index in [1.807, 2.05) is 0 Å². The molecule has 0 unspecified atom stereocenters. The van der Waals surface area contributed by atoms with E-state index in [1.54, 1.807) is 25.1 Å². The first-order valence-electron chi connectivity index (χ1n) is 4.00. The number of hydrogen-bond donors (Lipinski definition) is 0. The predicted octanol–water partition coefficient (Wildman–Crippen LogP) is 2.66. The molecule has 0 saturated carbocycles. The number of hydrogen-bond acceptors (Lipinski definition) is 1. The summed E-state index contributed by atoms with van der Waals surface area (Å²) in [7, 11) is 0. The standard InChI is InChI=1S/C9H7F3N2/c1-6-3-2-4-8-13-7(5-14(6)8)9(10,11)12/h2-5H,1H3. The van der Waals surface area contributed by atoms with Crippen molar-refractivity contribution in [2.75, 3.05) is 0 Å². The summed E-state index contributed by atoms with van der Waals surface area (Å²) in [5.74, 6) is 0. The lowest BCUT2D eigenvalue weighted by Gasteiger charge is -1.99. The Labute approximate surface area is 78.0 Å². The van der Waals surface area contributed by atoms with Gasteiger partial charge in [-0.1, -0.05) is 6.07 Å². The number of halogens is 3. The number of nitrogens with zero attached hydrogens (tertiary/aromatic N) is 2.